The molecule has 0 aliphatic rings. The van der Waals surface area contributed by atoms with Crippen LogP contribution in [0, 0.1) is 0 Å². The van der Waals surface area contributed by atoms with Gasteiger partial charge in [-0.2, -0.15) is 0 Å². The third kappa shape index (κ3) is 16.0. The van der Waals surface area contributed by atoms with E-state index in [2.05, 4.69) is 19.1 Å². The fourth-order valence-corrected chi connectivity index (χ4v) is 2.35. The summed E-state index contributed by atoms with van der Waals surface area (Å²) >= 11 is 5.64. The number of halogens is 1. The summed E-state index contributed by atoms with van der Waals surface area (Å²) in [6, 6.07) is 0. The van der Waals surface area contributed by atoms with E-state index in [0.29, 0.717) is 0 Å². The van der Waals surface area contributed by atoms with Crippen molar-refractivity contribution in [3.8, 4) is 0 Å². The van der Waals surface area contributed by atoms with Crippen molar-refractivity contribution >= 4 is 11.6 Å². The summed E-state index contributed by atoms with van der Waals surface area (Å²) in [4.78, 5) is 0. The van der Waals surface area contributed by atoms with Gasteiger partial charge in [-0.05, 0) is 32.1 Å². The number of hydrogen-bond donors (Lipinski definition) is 0. The smallest absolute Gasteiger partial charge is 0.0223 e. The molecule has 0 atom stereocenters. The lowest BCUT2D eigenvalue weighted by Gasteiger charge is -1.98. The van der Waals surface area contributed by atoms with Gasteiger partial charge in [0, 0.05) is 5.88 Å². The van der Waals surface area contributed by atoms with Gasteiger partial charge in [0.05, 0.1) is 0 Å². The molecule has 0 amide bonds. The number of unbranched alkanes of at least 4 members (excludes halogenated alkanes) is 11. The maximum Gasteiger partial charge on any atom is 0.0223 e. The lowest BCUT2D eigenvalue weighted by atomic mass is 10.1. The van der Waals surface area contributed by atoms with E-state index >= 15 is 0 Å². The molecule has 0 radical (unpaired) electrons. The molecule has 0 unspecified atom stereocenters. The van der Waals surface area contributed by atoms with Crippen LogP contribution >= 0.6 is 11.6 Å². The van der Waals surface area contributed by atoms with Gasteiger partial charge in [0.25, 0.3) is 0 Å². The molecule has 1 heteroatoms. The summed E-state index contributed by atoms with van der Waals surface area (Å²) < 4.78 is 0. The topological polar surface area (TPSA) is 0 Å². The molecule has 0 aromatic heterocycles. The zero-order valence-electron chi connectivity index (χ0n) is 12.4. The van der Waals surface area contributed by atoms with E-state index in [1.54, 1.807) is 0 Å². The Morgan fingerprint density at radius 3 is 1.56 bits per heavy atom. The third-order valence-electron chi connectivity index (χ3n) is 3.40. The summed E-state index contributed by atoms with van der Waals surface area (Å²) in [6.07, 6.45) is 22.4. The van der Waals surface area contributed by atoms with Crippen LogP contribution in [0.25, 0.3) is 0 Å². The Hall–Kier alpha value is 0.0300. The second kappa shape index (κ2) is 17.0. The van der Waals surface area contributed by atoms with Crippen molar-refractivity contribution in [1.82, 2.24) is 0 Å². The van der Waals surface area contributed by atoms with E-state index in [0.717, 1.165) is 5.88 Å². The zero-order chi connectivity index (χ0) is 13.3. The molecule has 0 aliphatic carbocycles. The van der Waals surface area contributed by atoms with Gasteiger partial charge in [-0.25, -0.2) is 0 Å². The summed E-state index contributed by atoms with van der Waals surface area (Å²) in [6.45, 7) is 2.28. The highest BCUT2D eigenvalue weighted by molar-refractivity contribution is 6.17. The van der Waals surface area contributed by atoms with E-state index in [9.17, 15) is 0 Å². The van der Waals surface area contributed by atoms with E-state index in [1.807, 2.05) is 0 Å². The molecule has 0 aliphatic heterocycles. The van der Waals surface area contributed by atoms with Gasteiger partial charge >= 0.3 is 0 Å². The Balaban J connectivity index is 3.00. The second-order valence-electron chi connectivity index (χ2n) is 5.27. The van der Waals surface area contributed by atoms with Gasteiger partial charge in [-0.3, -0.25) is 0 Å². The van der Waals surface area contributed by atoms with Crippen LogP contribution in [0.5, 0.6) is 0 Å². The molecule has 18 heavy (non-hydrogen) atoms. The van der Waals surface area contributed by atoms with Crippen molar-refractivity contribution in [1.29, 1.82) is 0 Å². The molecule has 0 aromatic carbocycles. The molecule has 0 saturated carbocycles. The van der Waals surface area contributed by atoms with Crippen molar-refractivity contribution in [2.45, 2.75) is 90.4 Å². The SMILES string of the molecule is CCCCCCCC/C=C/CCCCCCCCl. The van der Waals surface area contributed by atoms with Crippen LogP contribution in [0.1, 0.15) is 90.4 Å². The fourth-order valence-electron chi connectivity index (χ4n) is 2.17. The molecular formula is C17H33Cl. The number of hydrogen-bond acceptors (Lipinski definition) is 0. The number of allylic oxidation sites excluding steroid dienone is 2. The average Bonchev–Trinajstić information content (AvgIpc) is 2.39. The Bertz CT molecular complexity index is 145. The highest BCUT2D eigenvalue weighted by atomic mass is 35.5. The van der Waals surface area contributed by atoms with Gasteiger partial charge in [-0.15, -0.1) is 11.6 Å². The summed E-state index contributed by atoms with van der Waals surface area (Å²) in [5.41, 5.74) is 0. The van der Waals surface area contributed by atoms with E-state index in [-0.39, 0.29) is 0 Å². The Kier molecular flexibility index (Phi) is 17.1. The zero-order valence-corrected chi connectivity index (χ0v) is 13.2. The van der Waals surface area contributed by atoms with Gasteiger partial charge in [0.1, 0.15) is 0 Å². The average molecular weight is 273 g/mol. The van der Waals surface area contributed by atoms with Crippen LogP contribution in [-0.2, 0) is 0 Å². The molecule has 108 valence electrons. The minimum Gasteiger partial charge on any atom is -0.127 e. The maximum absolute atomic E-state index is 5.64. The molecule has 0 bridgehead atoms. The van der Waals surface area contributed by atoms with Crippen LogP contribution in [0.15, 0.2) is 12.2 Å². The molecule has 0 heterocycles. The first kappa shape index (κ1) is 18.0. The van der Waals surface area contributed by atoms with Gasteiger partial charge in [0.15, 0.2) is 0 Å². The molecule has 0 rings (SSSR count). The molecule has 0 N–H and O–H groups in total. The maximum atomic E-state index is 5.64. The summed E-state index contributed by atoms with van der Waals surface area (Å²) in [5, 5.41) is 0. The quantitative estimate of drug-likeness (QED) is 0.184. The largest absolute Gasteiger partial charge is 0.127 e. The molecule has 0 fully saturated rings. The lowest BCUT2D eigenvalue weighted by Crippen LogP contribution is -1.80. The first-order chi connectivity index (χ1) is 8.91. The summed E-state index contributed by atoms with van der Waals surface area (Å²) in [5.74, 6) is 0.832. The van der Waals surface area contributed by atoms with Crippen LogP contribution < -0.4 is 0 Å². The highest BCUT2D eigenvalue weighted by Gasteiger charge is 1.89. The molecule has 0 aromatic rings. The van der Waals surface area contributed by atoms with E-state index in [4.69, 9.17) is 11.6 Å². The van der Waals surface area contributed by atoms with Crippen LogP contribution in [0.2, 0.25) is 0 Å². The first-order valence-corrected chi connectivity index (χ1v) is 8.66. The lowest BCUT2D eigenvalue weighted by molar-refractivity contribution is 0.610. The van der Waals surface area contributed by atoms with Crippen LogP contribution in [0.4, 0.5) is 0 Å². The number of alkyl halides is 1. The van der Waals surface area contributed by atoms with Crippen LogP contribution in [-0.4, -0.2) is 5.88 Å². The van der Waals surface area contributed by atoms with Crippen LogP contribution in [0.3, 0.4) is 0 Å². The second-order valence-corrected chi connectivity index (χ2v) is 5.65. The predicted molar refractivity (Wildman–Crippen MR) is 85.6 cm³/mol. The monoisotopic (exact) mass is 272 g/mol. The van der Waals surface area contributed by atoms with Crippen molar-refractivity contribution in [3.63, 3.8) is 0 Å². The van der Waals surface area contributed by atoms with Crippen molar-refractivity contribution in [2.75, 3.05) is 5.88 Å². The van der Waals surface area contributed by atoms with E-state index < -0.39 is 0 Å². The van der Waals surface area contributed by atoms with Gasteiger partial charge in [-0.1, -0.05) is 70.4 Å². The Morgan fingerprint density at radius 1 is 0.611 bits per heavy atom. The standard InChI is InChI=1S/C17H33Cl/c1-2-3-4-5-6-7-8-9-10-11-12-13-14-15-16-17-18/h9-10H,2-8,11-17H2,1H3/b10-9+. The molecular weight excluding hydrogens is 240 g/mol. The van der Waals surface area contributed by atoms with Gasteiger partial charge < -0.3 is 0 Å². The van der Waals surface area contributed by atoms with Crippen molar-refractivity contribution < 1.29 is 0 Å². The minimum absolute atomic E-state index is 0.832. The van der Waals surface area contributed by atoms with Gasteiger partial charge in [0.2, 0.25) is 0 Å². The van der Waals surface area contributed by atoms with Crippen molar-refractivity contribution in [2.24, 2.45) is 0 Å². The highest BCUT2D eigenvalue weighted by Crippen LogP contribution is 2.09. The summed E-state index contributed by atoms with van der Waals surface area (Å²) in [7, 11) is 0. The number of rotatable bonds is 14. The first-order valence-electron chi connectivity index (χ1n) is 8.12. The fraction of sp³-hybridized carbons (Fsp3) is 0.882. The molecule has 0 saturated heterocycles. The molecule has 0 nitrogen and oxygen atoms in total. The minimum atomic E-state index is 0.832. The third-order valence-corrected chi connectivity index (χ3v) is 3.66. The Labute approximate surface area is 120 Å². The Morgan fingerprint density at radius 2 is 1.06 bits per heavy atom. The van der Waals surface area contributed by atoms with E-state index in [1.165, 1.54) is 83.5 Å². The molecule has 0 spiro atoms. The predicted octanol–water partition coefficient (Wildman–Crippen LogP) is 6.87. The van der Waals surface area contributed by atoms with Crippen molar-refractivity contribution in [3.05, 3.63) is 12.2 Å². The normalized spacial score (nSPS) is 11.4.